The first kappa shape index (κ1) is 31.3. The molecule has 0 heterocycles. The summed E-state index contributed by atoms with van der Waals surface area (Å²) in [5.74, 6) is -6.35. The Bertz CT molecular complexity index is 1430. The van der Waals surface area contributed by atoms with Crippen LogP contribution in [0.5, 0.6) is 5.75 Å². The summed E-state index contributed by atoms with van der Waals surface area (Å²) < 4.78 is 131. The summed E-state index contributed by atoms with van der Waals surface area (Å²) in [5, 5.41) is 0. The second-order valence-electron chi connectivity index (χ2n) is 11.9. The van der Waals surface area contributed by atoms with E-state index in [1.807, 2.05) is 6.07 Å². The average Bonchev–Trinajstić information content (AvgIpc) is 2.92. The molecule has 1 nitrogen and oxygen atoms in total. The molecule has 43 heavy (non-hydrogen) atoms. The van der Waals surface area contributed by atoms with Gasteiger partial charge in [-0.05, 0) is 103 Å². The predicted octanol–water partition coefficient (Wildman–Crippen LogP) is 11.2. The van der Waals surface area contributed by atoms with Crippen molar-refractivity contribution >= 4 is 0 Å². The van der Waals surface area contributed by atoms with E-state index in [0.717, 1.165) is 43.4 Å². The number of benzene rings is 3. The van der Waals surface area contributed by atoms with Gasteiger partial charge in [-0.1, -0.05) is 31.9 Å². The molecule has 5 rings (SSSR count). The summed E-state index contributed by atoms with van der Waals surface area (Å²) >= 11 is 0. The Labute approximate surface area is 244 Å². The van der Waals surface area contributed by atoms with E-state index in [-0.39, 0.29) is 24.6 Å². The van der Waals surface area contributed by atoms with Gasteiger partial charge in [-0.25, -0.2) is 17.6 Å². The fourth-order valence-corrected chi connectivity index (χ4v) is 6.50. The standard InChI is InChI=1S/C33H31F9O/c1-18-2-4-19(5-3-18)21-8-12-25(27(34)14-21)20-6-9-23(10-7-20)33(41,42)43-24-11-13-26(28(35)17-24)22-15-29(36)31(30(37)16-22)32(38,39)40/h8,11-20,23H,2-7,9-10H2,1H3. The lowest BCUT2D eigenvalue weighted by Crippen LogP contribution is -2.37. The van der Waals surface area contributed by atoms with Crippen molar-refractivity contribution < 1.29 is 44.3 Å². The second kappa shape index (κ2) is 12.1. The summed E-state index contributed by atoms with van der Waals surface area (Å²) in [4.78, 5) is 0. The van der Waals surface area contributed by atoms with Crippen LogP contribution in [0, 0.1) is 35.1 Å². The van der Waals surface area contributed by atoms with Gasteiger partial charge in [0.05, 0.1) is 5.92 Å². The maximum atomic E-state index is 15.1. The van der Waals surface area contributed by atoms with Crippen molar-refractivity contribution in [3.8, 4) is 16.9 Å². The molecule has 3 aromatic carbocycles. The zero-order valence-corrected chi connectivity index (χ0v) is 23.4. The highest BCUT2D eigenvalue weighted by atomic mass is 19.4. The Morgan fingerprint density at radius 2 is 1.23 bits per heavy atom. The first-order chi connectivity index (χ1) is 20.2. The molecule has 2 saturated carbocycles. The van der Waals surface area contributed by atoms with Crippen LogP contribution in [-0.2, 0) is 6.18 Å². The van der Waals surface area contributed by atoms with Gasteiger partial charge in [-0.15, -0.1) is 0 Å². The van der Waals surface area contributed by atoms with Gasteiger partial charge in [0, 0.05) is 11.6 Å². The van der Waals surface area contributed by atoms with Crippen molar-refractivity contribution in [2.75, 3.05) is 0 Å². The number of hydrogen-bond donors (Lipinski definition) is 0. The van der Waals surface area contributed by atoms with Crippen molar-refractivity contribution in [2.45, 2.75) is 82.4 Å². The van der Waals surface area contributed by atoms with E-state index in [2.05, 4.69) is 6.92 Å². The molecular formula is C33H31F9O. The Hall–Kier alpha value is -3.17. The summed E-state index contributed by atoms with van der Waals surface area (Å²) in [6.07, 6.45) is -3.97. The smallest absolute Gasteiger partial charge is 0.422 e. The molecule has 2 fully saturated rings. The second-order valence-corrected chi connectivity index (χ2v) is 11.9. The maximum Gasteiger partial charge on any atom is 0.422 e. The van der Waals surface area contributed by atoms with Gasteiger partial charge < -0.3 is 4.74 Å². The molecule has 0 aromatic heterocycles. The Kier molecular flexibility index (Phi) is 8.78. The minimum Gasteiger partial charge on any atom is -0.432 e. The average molecular weight is 615 g/mol. The number of ether oxygens (including phenoxy) is 1. The first-order valence-corrected chi connectivity index (χ1v) is 14.4. The molecule has 0 saturated heterocycles. The van der Waals surface area contributed by atoms with Crippen LogP contribution in [0.1, 0.15) is 86.8 Å². The fraction of sp³-hybridized carbons (Fsp3) is 0.455. The number of hydrogen-bond acceptors (Lipinski definition) is 1. The monoisotopic (exact) mass is 614 g/mol. The maximum absolute atomic E-state index is 15.1. The molecule has 0 bridgehead atoms. The highest BCUT2D eigenvalue weighted by molar-refractivity contribution is 5.66. The van der Waals surface area contributed by atoms with Crippen molar-refractivity contribution in [1.82, 2.24) is 0 Å². The van der Waals surface area contributed by atoms with Crippen LogP contribution in [0.2, 0.25) is 0 Å². The molecule has 0 N–H and O–H groups in total. The van der Waals surface area contributed by atoms with E-state index >= 15 is 13.2 Å². The minimum atomic E-state index is -5.29. The Balaban J connectivity index is 1.22. The van der Waals surface area contributed by atoms with Crippen LogP contribution in [0.3, 0.4) is 0 Å². The number of halogens is 9. The lowest BCUT2D eigenvalue weighted by atomic mass is 9.76. The van der Waals surface area contributed by atoms with Crippen LogP contribution in [0.25, 0.3) is 11.1 Å². The van der Waals surface area contributed by atoms with Gasteiger partial charge in [-0.2, -0.15) is 22.0 Å². The van der Waals surface area contributed by atoms with Crippen LogP contribution in [-0.4, -0.2) is 6.11 Å². The molecule has 0 radical (unpaired) electrons. The zero-order valence-electron chi connectivity index (χ0n) is 23.4. The predicted molar refractivity (Wildman–Crippen MR) is 144 cm³/mol. The van der Waals surface area contributed by atoms with Crippen molar-refractivity contribution in [1.29, 1.82) is 0 Å². The molecule has 0 atom stereocenters. The molecule has 3 aromatic rings. The van der Waals surface area contributed by atoms with E-state index in [0.29, 0.717) is 48.4 Å². The Morgan fingerprint density at radius 1 is 0.628 bits per heavy atom. The van der Waals surface area contributed by atoms with E-state index in [4.69, 9.17) is 4.74 Å². The molecular weight excluding hydrogens is 583 g/mol. The topological polar surface area (TPSA) is 9.23 Å². The van der Waals surface area contributed by atoms with Gasteiger partial charge in [0.15, 0.2) is 0 Å². The van der Waals surface area contributed by atoms with E-state index < -0.39 is 58.1 Å². The summed E-state index contributed by atoms with van der Waals surface area (Å²) in [6.45, 7) is 2.22. The molecule has 232 valence electrons. The van der Waals surface area contributed by atoms with Crippen LogP contribution >= 0.6 is 0 Å². The normalized spacial score (nSPS) is 23.3. The molecule has 0 aliphatic heterocycles. The van der Waals surface area contributed by atoms with Crippen molar-refractivity contribution in [2.24, 2.45) is 11.8 Å². The first-order valence-electron chi connectivity index (χ1n) is 14.4. The van der Waals surface area contributed by atoms with Crippen molar-refractivity contribution in [3.05, 3.63) is 88.5 Å². The molecule has 2 aliphatic carbocycles. The largest absolute Gasteiger partial charge is 0.432 e. The lowest BCUT2D eigenvalue weighted by molar-refractivity contribution is -0.222. The number of alkyl halides is 5. The van der Waals surface area contributed by atoms with Gasteiger partial charge in [0.1, 0.15) is 34.6 Å². The summed E-state index contributed by atoms with van der Waals surface area (Å²) in [6, 6.07) is 8.41. The molecule has 0 amide bonds. The van der Waals surface area contributed by atoms with Gasteiger partial charge in [0.2, 0.25) is 0 Å². The van der Waals surface area contributed by atoms with Gasteiger partial charge >= 0.3 is 12.3 Å². The van der Waals surface area contributed by atoms with Gasteiger partial charge in [0.25, 0.3) is 0 Å². The minimum absolute atomic E-state index is 0.0457. The summed E-state index contributed by atoms with van der Waals surface area (Å²) in [7, 11) is 0. The van der Waals surface area contributed by atoms with Crippen LogP contribution in [0.15, 0.2) is 48.5 Å². The molecule has 2 aliphatic rings. The van der Waals surface area contributed by atoms with Crippen LogP contribution in [0.4, 0.5) is 39.5 Å². The SMILES string of the molecule is CC1CCC(c2ccc(C3CCC(C(F)(F)Oc4ccc(-c5cc(F)c(C(F)(F)F)c(F)c5)c(F)c4)CC3)c(F)c2)CC1. The van der Waals surface area contributed by atoms with E-state index in [9.17, 15) is 26.3 Å². The van der Waals surface area contributed by atoms with E-state index in [1.165, 1.54) is 0 Å². The van der Waals surface area contributed by atoms with E-state index in [1.54, 1.807) is 12.1 Å². The molecule has 0 unspecified atom stereocenters. The van der Waals surface area contributed by atoms with Crippen LogP contribution < -0.4 is 4.74 Å². The molecule has 10 heteroatoms. The summed E-state index contributed by atoms with van der Waals surface area (Å²) in [5.41, 5.74) is -1.64. The third kappa shape index (κ3) is 6.83. The van der Waals surface area contributed by atoms with Gasteiger partial charge in [-0.3, -0.25) is 0 Å². The third-order valence-corrected chi connectivity index (χ3v) is 8.99. The Morgan fingerprint density at radius 3 is 1.79 bits per heavy atom. The number of rotatable bonds is 6. The highest BCUT2D eigenvalue weighted by Gasteiger charge is 2.44. The lowest BCUT2D eigenvalue weighted by Gasteiger charge is -2.34. The fourth-order valence-electron chi connectivity index (χ4n) is 6.50. The highest BCUT2D eigenvalue weighted by Crippen LogP contribution is 2.45. The third-order valence-electron chi connectivity index (χ3n) is 8.99. The van der Waals surface area contributed by atoms with Crippen molar-refractivity contribution in [3.63, 3.8) is 0 Å². The molecule has 0 spiro atoms. The quantitative estimate of drug-likeness (QED) is 0.251. The zero-order chi connectivity index (χ0) is 31.1.